The first kappa shape index (κ1) is 15.1. The van der Waals surface area contributed by atoms with E-state index in [1.54, 1.807) is 6.92 Å². The van der Waals surface area contributed by atoms with E-state index in [1.165, 1.54) is 25.3 Å². The first-order valence-corrected chi connectivity index (χ1v) is 5.55. The topological polar surface area (TPSA) is 93.1 Å². The molecule has 0 aliphatic heterocycles. The molecule has 6 heteroatoms. The van der Waals surface area contributed by atoms with Crippen molar-refractivity contribution in [2.24, 2.45) is 0 Å². The molecule has 0 amide bonds. The number of benzene rings is 1. The van der Waals surface area contributed by atoms with Crippen molar-refractivity contribution in [1.82, 2.24) is 0 Å². The molecule has 0 aliphatic rings. The lowest BCUT2D eigenvalue weighted by atomic mass is 9.97. The highest BCUT2D eigenvalue weighted by molar-refractivity contribution is 5.89. The Balaban J connectivity index is 3.02. The zero-order valence-corrected chi connectivity index (χ0v) is 10.9. The van der Waals surface area contributed by atoms with Gasteiger partial charge >= 0.3 is 11.9 Å². The zero-order chi connectivity index (χ0) is 14.6. The summed E-state index contributed by atoms with van der Waals surface area (Å²) < 4.78 is 8.92. The van der Waals surface area contributed by atoms with Gasteiger partial charge < -0.3 is 19.7 Å². The molecule has 2 N–H and O–H groups in total. The largest absolute Gasteiger partial charge is 0.467 e. The Morgan fingerprint density at radius 3 is 2.26 bits per heavy atom. The van der Waals surface area contributed by atoms with Crippen LogP contribution in [-0.4, -0.2) is 42.5 Å². The summed E-state index contributed by atoms with van der Waals surface area (Å²) in [6, 6.07) is 4.41. The fourth-order valence-corrected chi connectivity index (χ4v) is 1.67. The van der Waals surface area contributed by atoms with Crippen LogP contribution < -0.4 is 0 Å². The first-order chi connectivity index (χ1) is 8.92. The van der Waals surface area contributed by atoms with Crippen molar-refractivity contribution < 1.29 is 29.3 Å². The van der Waals surface area contributed by atoms with E-state index in [-0.39, 0.29) is 0 Å². The predicted octanol–water partition coefficient (Wildman–Crippen LogP) is 0.349. The van der Waals surface area contributed by atoms with Gasteiger partial charge in [-0.3, -0.25) is 0 Å². The minimum absolute atomic E-state index is 0.323. The van der Waals surface area contributed by atoms with E-state index in [2.05, 4.69) is 9.47 Å². The van der Waals surface area contributed by atoms with Crippen molar-refractivity contribution in [3.05, 3.63) is 34.9 Å². The molecule has 0 aliphatic carbocycles. The Kier molecular flexibility index (Phi) is 5.02. The molecule has 0 spiro atoms. The number of carbonyl (C=O) groups excluding carboxylic acids is 2. The van der Waals surface area contributed by atoms with Crippen LogP contribution in [0.2, 0.25) is 0 Å². The molecule has 1 aromatic carbocycles. The summed E-state index contributed by atoms with van der Waals surface area (Å²) in [6.45, 7) is 1.65. The van der Waals surface area contributed by atoms with Gasteiger partial charge in [0.05, 0.1) is 19.8 Å². The molecule has 1 rings (SSSR count). The molecule has 0 aromatic heterocycles. The Morgan fingerprint density at radius 2 is 1.79 bits per heavy atom. The molecular formula is C13H16O6. The highest BCUT2D eigenvalue weighted by Gasteiger charge is 2.27. The third kappa shape index (κ3) is 3.30. The maximum atomic E-state index is 11.3. The minimum Gasteiger partial charge on any atom is -0.467 e. The van der Waals surface area contributed by atoms with Crippen LogP contribution in [0.5, 0.6) is 0 Å². The highest BCUT2D eigenvalue weighted by atomic mass is 16.5. The minimum atomic E-state index is -1.67. The molecule has 0 heterocycles. The van der Waals surface area contributed by atoms with Crippen LogP contribution in [0.1, 0.15) is 27.6 Å². The number of aryl methyl sites for hydroxylation is 1. The summed E-state index contributed by atoms with van der Waals surface area (Å²) in [4.78, 5) is 22.5. The molecule has 6 nitrogen and oxygen atoms in total. The average molecular weight is 268 g/mol. The number of ether oxygens (including phenoxy) is 2. The number of aliphatic hydroxyl groups is 2. The molecule has 0 saturated heterocycles. The van der Waals surface area contributed by atoms with Crippen molar-refractivity contribution in [2.45, 2.75) is 19.1 Å². The van der Waals surface area contributed by atoms with E-state index < -0.39 is 24.1 Å². The summed E-state index contributed by atoms with van der Waals surface area (Å²) in [5.74, 6) is -1.43. The second-order valence-electron chi connectivity index (χ2n) is 3.98. The first-order valence-electron chi connectivity index (χ1n) is 5.55. The van der Waals surface area contributed by atoms with Gasteiger partial charge in [0.15, 0.2) is 6.10 Å². The van der Waals surface area contributed by atoms with E-state index in [0.717, 1.165) is 7.11 Å². The van der Waals surface area contributed by atoms with E-state index in [0.29, 0.717) is 16.7 Å². The highest BCUT2D eigenvalue weighted by Crippen LogP contribution is 2.22. The Bertz CT molecular complexity index is 482. The van der Waals surface area contributed by atoms with Gasteiger partial charge in [-0.15, -0.1) is 0 Å². The van der Waals surface area contributed by atoms with Gasteiger partial charge in [-0.1, -0.05) is 6.07 Å². The smallest absolute Gasteiger partial charge is 0.337 e. The number of carbonyl (C=O) groups is 2. The third-order valence-corrected chi connectivity index (χ3v) is 2.75. The maximum Gasteiger partial charge on any atom is 0.337 e. The van der Waals surface area contributed by atoms with Gasteiger partial charge in [-0.25, -0.2) is 9.59 Å². The Labute approximate surface area is 110 Å². The zero-order valence-electron chi connectivity index (χ0n) is 10.9. The molecule has 19 heavy (non-hydrogen) atoms. The monoisotopic (exact) mass is 268 g/mol. The van der Waals surface area contributed by atoms with Gasteiger partial charge in [0.2, 0.25) is 0 Å². The van der Waals surface area contributed by atoms with Gasteiger partial charge in [0.25, 0.3) is 0 Å². The molecule has 2 unspecified atom stereocenters. The van der Waals surface area contributed by atoms with Crippen LogP contribution in [0.3, 0.4) is 0 Å². The predicted molar refractivity (Wildman–Crippen MR) is 65.5 cm³/mol. The second-order valence-corrected chi connectivity index (χ2v) is 3.98. The molecule has 0 bridgehead atoms. The molecule has 2 atom stereocenters. The second kappa shape index (κ2) is 6.31. The van der Waals surface area contributed by atoms with Crippen LogP contribution in [0.4, 0.5) is 0 Å². The standard InChI is InChI=1S/C13H16O6/c1-7-6-8(12(16)18-2)4-5-9(7)10(14)11(15)13(17)19-3/h4-6,10-11,14-15H,1-3H3. The molecule has 0 radical (unpaired) electrons. The summed E-state index contributed by atoms with van der Waals surface area (Å²) in [7, 11) is 2.38. The van der Waals surface area contributed by atoms with E-state index in [9.17, 15) is 19.8 Å². The lowest BCUT2D eigenvalue weighted by molar-refractivity contribution is -0.156. The van der Waals surface area contributed by atoms with Crippen LogP contribution >= 0.6 is 0 Å². The molecule has 0 saturated carbocycles. The quantitative estimate of drug-likeness (QED) is 0.765. The summed E-state index contributed by atoms with van der Waals surface area (Å²) in [5, 5.41) is 19.5. The SMILES string of the molecule is COC(=O)c1ccc(C(O)C(O)C(=O)OC)c(C)c1. The number of hydrogen-bond donors (Lipinski definition) is 2. The Hall–Kier alpha value is -1.92. The van der Waals surface area contributed by atoms with E-state index >= 15 is 0 Å². The van der Waals surface area contributed by atoms with Gasteiger partial charge in [0.1, 0.15) is 6.10 Å². The van der Waals surface area contributed by atoms with Crippen molar-refractivity contribution in [3.63, 3.8) is 0 Å². The normalized spacial score (nSPS) is 13.5. The molecule has 0 fully saturated rings. The average Bonchev–Trinajstić information content (AvgIpc) is 2.43. The fourth-order valence-electron chi connectivity index (χ4n) is 1.67. The fraction of sp³-hybridized carbons (Fsp3) is 0.385. The number of aliphatic hydroxyl groups excluding tert-OH is 2. The van der Waals surface area contributed by atoms with Crippen molar-refractivity contribution in [1.29, 1.82) is 0 Å². The van der Waals surface area contributed by atoms with Gasteiger partial charge in [-0.05, 0) is 30.2 Å². The van der Waals surface area contributed by atoms with Crippen LogP contribution in [0.25, 0.3) is 0 Å². The van der Waals surface area contributed by atoms with Crippen molar-refractivity contribution >= 4 is 11.9 Å². The van der Waals surface area contributed by atoms with Crippen molar-refractivity contribution in [2.75, 3.05) is 14.2 Å². The number of hydrogen-bond acceptors (Lipinski definition) is 6. The Morgan fingerprint density at radius 1 is 1.16 bits per heavy atom. The summed E-state index contributed by atoms with van der Waals surface area (Å²) in [5.41, 5.74) is 1.22. The number of rotatable bonds is 4. The molecule has 104 valence electrons. The summed E-state index contributed by atoms with van der Waals surface area (Å²) >= 11 is 0. The molecular weight excluding hydrogens is 252 g/mol. The van der Waals surface area contributed by atoms with Crippen LogP contribution in [0.15, 0.2) is 18.2 Å². The third-order valence-electron chi connectivity index (χ3n) is 2.75. The van der Waals surface area contributed by atoms with E-state index in [4.69, 9.17) is 0 Å². The lowest BCUT2D eigenvalue weighted by Crippen LogP contribution is -2.29. The lowest BCUT2D eigenvalue weighted by Gasteiger charge is -2.18. The molecule has 1 aromatic rings. The van der Waals surface area contributed by atoms with Crippen LogP contribution in [0, 0.1) is 6.92 Å². The van der Waals surface area contributed by atoms with Gasteiger partial charge in [0, 0.05) is 0 Å². The summed E-state index contributed by atoms with van der Waals surface area (Å²) in [6.07, 6.45) is -3.09. The maximum absolute atomic E-state index is 11.3. The number of methoxy groups -OCH3 is 2. The van der Waals surface area contributed by atoms with Crippen LogP contribution in [-0.2, 0) is 14.3 Å². The van der Waals surface area contributed by atoms with Crippen molar-refractivity contribution in [3.8, 4) is 0 Å². The van der Waals surface area contributed by atoms with Gasteiger partial charge in [-0.2, -0.15) is 0 Å². The number of esters is 2. The van der Waals surface area contributed by atoms with E-state index in [1.807, 2.05) is 0 Å².